The molecular formula is C25H34O12. The third kappa shape index (κ3) is 7.00. The van der Waals surface area contributed by atoms with Gasteiger partial charge in [-0.05, 0) is 48.2 Å². The number of aliphatic hydroxyl groups excluding tert-OH is 6. The van der Waals surface area contributed by atoms with Crippen molar-refractivity contribution in [3.63, 3.8) is 0 Å². The molecule has 8 N–H and O–H groups in total. The van der Waals surface area contributed by atoms with Gasteiger partial charge in [0.05, 0.1) is 20.3 Å². The molecule has 0 radical (unpaired) electrons. The first-order chi connectivity index (χ1) is 17.7. The van der Waals surface area contributed by atoms with E-state index in [2.05, 4.69) is 0 Å². The van der Waals surface area contributed by atoms with Crippen LogP contribution in [0.4, 0.5) is 0 Å². The van der Waals surface area contributed by atoms with E-state index < -0.39 is 56.1 Å². The average molecular weight is 527 g/mol. The van der Waals surface area contributed by atoms with Crippen LogP contribution in [0.25, 0.3) is 0 Å². The summed E-state index contributed by atoms with van der Waals surface area (Å²) in [5.41, 5.74) is 1.04. The minimum Gasteiger partial charge on any atom is -0.504 e. The summed E-state index contributed by atoms with van der Waals surface area (Å²) in [7, 11) is 1.35. The van der Waals surface area contributed by atoms with Gasteiger partial charge in [-0.15, -0.1) is 0 Å². The topological polar surface area (TPSA) is 199 Å². The minimum atomic E-state index is -1.66. The molecule has 1 aliphatic rings. The molecule has 0 unspecified atom stereocenters. The Morgan fingerprint density at radius 3 is 2.32 bits per heavy atom. The molecule has 0 aromatic heterocycles. The summed E-state index contributed by atoms with van der Waals surface area (Å²) in [4.78, 5) is 0. The van der Waals surface area contributed by atoms with E-state index in [0.717, 1.165) is 5.56 Å². The number of aryl methyl sites for hydroxylation is 1. The van der Waals surface area contributed by atoms with Gasteiger partial charge in [-0.3, -0.25) is 0 Å². The predicted octanol–water partition coefficient (Wildman–Crippen LogP) is -0.671. The van der Waals surface area contributed by atoms with Gasteiger partial charge in [-0.1, -0.05) is 12.1 Å². The molecule has 0 bridgehead atoms. The molecule has 12 nitrogen and oxygen atoms in total. The van der Waals surface area contributed by atoms with E-state index in [1.54, 1.807) is 6.07 Å². The monoisotopic (exact) mass is 526 g/mol. The first-order valence-corrected chi connectivity index (χ1v) is 11.8. The Hall–Kier alpha value is -2.68. The number of ether oxygens (including phenoxy) is 4. The lowest BCUT2D eigenvalue weighted by atomic mass is 9.99. The predicted molar refractivity (Wildman–Crippen MR) is 127 cm³/mol. The quantitative estimate of drug-likeness (QED) is 0.174. The Morgan fingerprint density at radius 1 is 0.919 bits per heavy atom. The highest BCUT2D eigenvalue weighted by Crippen LogP contribution is 2.34. The van der Waals surface area contributed by atoms with Crippen LogP contribution in [0.5, 0.6) is 23.0 Å². The molecule has 1 aliphatic heterocycles. The molecule has 3 rings (SSSR count). The van der Waals surface area contributed by atoms with Crippen LogP contribution in [0.1, 0.15) is 23.7 Å². The summed E-state index contributed by atoms with van der Waals surface area (Å²) in [6.07, 6.45) is -9.12. The minimum absolute atomic E-state index is 0.00133. The van der Waals surface area contributed by atoms with Gasteiger partial charge in [-0.25, -0.2) is 0 Å². The maximum Gasteiger partial charge on any atom is 0.186 e. The first kappa shape index (κ1) is 28.9. The summed E-state index contributed by atoms with van der Waals surface area (Å²) >= 11 is 0. The van der Waals surface area contributed by atoms with Crippen LogP contribution < -0.4 is 9.47 Å². The lowest BCUT2D eigenvalue weighted by molar-refractivity contribution is -0.305. The van der Waals surface area contributed by atoms with Crippen LogP contribution >= 0.6 is 0 Å². The van der Waals surface area contributed by atoms with Crippen molar-refractivity contribution in [1.29, 1.82) is 0 Å². The van der Waals surface area contributed by atoms with E-state index >= 15 is 0 Å². The number of hydrogen-bond acceptors (Lipinski definition) is 12. The van der Waals surface area contributed by atoms with Gasteiger partial charge in [0, 0.05) is 6.61 Å². The zero-order chi connectivity index (χ0) is 27.1. The van der Waals surface area contributed by atoms with Gasteiger partial charge in [0.2, 0.25) is 0 Å². The van der Waals surface area contributed by atoms with E-state index in [1.807, 2.05) is 0 Å². The van der Waals surface area contributed by atoms with Crippen molar-refractivity contribution in [1.82, 2.24) is 0 Å². The molecule has 2 aromatic carbocycles. The summed E-state index contributed by atoms with van der Waals surface area (Å²) in [6.45, 7) is -1.07. The van der Waals surface area contributed by atoms with Crippen LogP contribution in [0.3, 0.4) is 0 Å². The Bertz CT molecular complexity index is 1000. The highest BCUT2D eigenvalue weighted by atomic mass is 16.7. The fourth-order valence-electron chi connectivity index (χ4n) is 3.94. The molecule has 1 saturated heterocycles. The molecule has 1 fully saturated rings. The lowest BCUT2D eigenvalue weighted by Crippen LogP contribution is -2.59. The maximum atomic E-state index is 11.1. The van der Waals surface area contributed by atoms with E-state index in [-0.39, 0.29) is 35.2 Å². The Balaban J connectivity index is 1.83. The molecule has 0 spiro atoms. The fraction of sp³-hybridized carbons (Fsp3) is 0.520. The smallest absolute Gasteiger partial charge is 0.186 e. The third-order valence-corrected chi connectivity index (χ3v) is 6.10. The summed E-state index contributed by atoms with van der Waals surface area (Å²) < 4.78 is 21.9. The summed E-state index contributed by atoms with van der Waals surface area (Å²) in [6, 6.07) is 8.80. The number of rotatable bonds is 12. The van der Waals surface area contributed by atoms with Crippen LogP contribution in [0.2, 0.25) is 0 Å². The van der Waals surface area contributed by atoms with Gasteiger partial charge in [0.25, 0.3) is 0 Å². The van der Waals surface area contributed by atoms with Crippen LogP contribution in [0.15, 0.2) is 36.4 Å². The SMILES string of the molecule is COc1cc([C@@H](O)[C@@H](CO[C@@H]2O[C@@H](CO)[C@H](O)[C@@H](O)[C@H]2O)Oc2ccc(CCCO)cc2O)ccc1O. The molecule has 206 valence electrons. The number of phenolic OH excluding ortho intramolecular Hbond substituents is 2. The number of aliphatic hydroxyl groups is 6. The van der Waals surface area contributed by atoms with Gasteiger partial charge >= 0.3 is 0 Å². The molecule has 2 aromatic rings. The second kappa shape index (κ2) is 13.2. The molecule has 37 heavy (non-hydrogen) atoms. The summed E-state index contributed by atoms with van der Waals surface area (Å²) in [5.74, 6) is -0.255. The Morgan fingerprint density at radius 2 is 1.68 bits per heavy atom. The summed E-state index contributed by atoms with van der Waals surface area (Å²) in [5, 5.41) is 80.2. The number of benzene rings is 2. The third-order valence-electron chi connectivity index (χ3n) is 6.10. The zero-order valence-corrected chi connectivity index (χ0v) is 20.3. The Labute approximate surface area is 213 Å². The van der Waals surface area contributed by atoms with Crippen molar-refractivity contribution >= 4 is 0 Å². The second-order valence-corrected chi connectivity index (χ2v) is 8.69. The second-order valence-electron chi connectivity index (χ2n) is 8.69. The van der Waals surface area contributed by atoms with Gasteiger partial charge < -0.3 is 59.8 Å². The van der Waals surface area contributed by atoms with Crippen molar-refractivity contribution in [3.05, 3.63) is 47.5 Å². The van der Waals surface area contributed by atoms with Crippen molar-refractivity contribution < 1.29 is 59.8 Å². The van der Waals surface area contributed by atoms with Gasteiger partial charge in [0.1, 0.15) is 30.5 Å². The largest absolute Gasteiger partial charge is 0.504 e. The normalized spacial score (nSPS) is 25.4. The molecule has 7 atom stereocenters. The van der Waals surface area contributed by atoms with Crippen molar-refractivity contribution in [2.75, 3.05) is 26.9 Å². The number of methoxy groups -OCH3 is 1. The highest BCUT2D eigenvalue weighted by molar-refractivity contribution is 5.44. The molecule has 12 heteroatoms. The molecule has 0 saturated carbocycles. The van der Waals surface area contributed by atoms with E-state index in [1.165, 1.54) is 37.4 Å². The first-order valence-electron chi connectivity index (χ1n) is 11.8. The fourth-order valence-corrected chi connectivity index (χ4v) is 3.94. The van der Waals surface area contributed by atoms with Crippen molar-refractivity contribution in [2.24, 2.45) is 0 Å². The van der Waals surface area contributed by atoms with E-state index in [9.17, 15) is 35.7 Å². The van der Waals surface area contributed by atoms with E-state index in [0.29, 0.717) is 12.8 Å². The maximum absolute atomic E-state index is 11.1. The Kier molecular flexibility index (Phi) is 10.3. The molecule has 0 aliphatic carbocycles. The number of aromatic hydroxyl groups is 2. The van der Waals surface area contributed by atoms with Gasteiger partial charge in [-0.2, -0.15) is 0 Å². The van der Waals surface area contributed by atoms with Crippen LogP contribution in [-0.2, 0) is 15.9 Å². The van der Waals surface area contributed by atoms with E-state index in [4.69, 9.17) is 24.1 Å². The van der Waals surface area contributed by atoms with Crippen LogP contribution in [-0.4, -0.2) is 105 Å². The number of phenols is 2. The standard InChI is InChI=1S/C25H34O12/c1-34-18-10-14(5-6-15(18)28)21(30)20(36-17-7-4-13(3-2-8-26)9-16(17)29)12-35-25-24(33)23(32)22(31)19(11-27)37-25/h4-7,9-10,19-33H,2-3,8,11-12H2,1H3/t19-,20+,21+,22-,23+,24+,25+/m0/s1. The lowest BCUT2D eigenvalue weighted by Gasteiger charge is -2.40. The zero-order valence-electron chi connectivity index (χ0n) is 20.3. The highest BCUT2D eigenvalue weighted by Gasteiger charge is 2.44. The van der Waals surface area contributed by atoms with Gasteiger partial charge in [0.15, 0.2) is 35.4 Å². The molecular weight excluding hydrogens is 492 g/mol. The average Bonchev–Trinajstić information content (AvgIpc) is 2.90. The molecule has 1 heterocycles. The molecule has 0 amide bonds. The van der Waals surface area contributed by atoms with Crippen molar-refractivity contribution in [2.45, 2.75) is 55.8 Å². The van der Waals surface area contributed by atoms with Crippen molar-refractivity contribution in [3.8, 4) is 23.0 Å². The number of hydrogen-bond donors (Lipinski definition) is 8. The van der Waals surface area contributed by atoms with Crippen LogP contribution in [0, 0.1) is 0 Å².